The summed E-state index contributed by atoms with van der Waals surface area (Å²) in [5.74, 6) is 0.407. The molecule has 0 aliphatic carbocycles. The van der Waals surface area contributed by atoms with Gasteiger partial charge in [0.2, 0.25) is 0 Å². The maximum atomic E-state index is 12.7. The average Bonchev–Trinajstić information content (AvgIpc) is 3.18. The van der Waals surface area contributed by atoms with E-state index in [0.717, 1.165) is 11.1 Å². The molecule has 6 nitrogen and oxygen atoms in total. The lowest BCUT2D eigenvalue weighted by Gasteiger charge is -2.10. The molecule has 1 N–H and O–H groups in total. The normalized spacial score (nSPS) is 12.0. The number of aromatic amines is 1. The number of allylic oxidation sites excluding steroid dienone is 1. The first kappa shape index (κ1) is 20.7. The molecule has 0 bridgehead atoms. The first-order valence-corrected chi connectivity index (χ1v) is 11.0. The van der Waals surface area contributed by atoms with Crippen LogP contribution in [0.2, 0.25) is 5.02 Å². The summed E-state index contributed by atoms with van der Waals surface area (Å²) < 4.78 is 30.8. The Bertz CT molecular complexity index is 1420. The second-order valence-corrected chi connectivity index (χ2v) is 8.79. The number of nitriles is 1. The molecule has 4 aromatic rings. The molecule has 1 aromatic heterocycles. The molecule has 0 saturated heterocycles. The summed E-state index contributed by atoms with van der Waals surface area (Å²) in [5.41, 5.74) is 2.96. The number of rotatable bonds is 5. The van der Waals surface area contributed by atoms with Crippen LogP contribution in [-0.2, 0) is 10.1 Å². The Morgan fingerprint density at radius 2 is 1.87 bits per heavy atom. The van der Waals surface area contributed by atoms with Gasteiger partial charge in [-0.2, -0.15) is 13.7 Å². The van der Waals surface area contributed by atoms with Gasteiger partial charge in [-0.15, -0.1) is 0 Å². The predicted molar refractivity (Wildman–Crippen MR) is 120 cm³/mol. The van der Waals surface area contributed by atoms with Gasteiger partial charge in [0.05, 0.1) is 16.6 Å². The highest BCUT2D eigenvalue weighted by Gasteiger charge is 2.19. The molecule has 0 unspecified atom stereocenters. The van der Waals surface area contributed by atoms with Gasteiger partial charge in [0.1, 0.15) is 22.5 Å². The monoisotopic (exact) mass is 449 g/mol. The van der Waals surface area contributed by atoms with Crippen LogP contribution in [0.1, 0.15) is 17.0 Å². The number of hydrogen-bond acceptors (Lipinski definition) is 5. The van der Waals surface area contributed by atoms with Crippen LogP contribution in [0.25, 0.3) is 22.7 Å². The van der Waals surface area contributed by atoms with Gasteiger partial charge in [-0.05, 0) is 55.5 Å². The number of hydrogen-bond donors (Lipinski definition) is 1. The van der Waals surface area contributed by atoms with Crippen LogP contribution in [0.4, 0.5) is 0 Å². The van der Waals surface area contributed by atoms with E-state index in [1.54, 1.807) is 12.1 Å². The number of aryl methyl sites for hydroxylation is 1. The van der Waals surface area contributed by atoms with Crippen molar-refractivity contribution < 1.29 is 12.6 Å². The highest BCUT2D eigenvalue weighted by molar-refractivity contribution is 7.87. The van der Waals surface area contributed by atoms with Crippen LogP contribution in [-0.4, -0.2) is 18.4 Å². The van der Waals surface area contributed by atoms with E-state index in [4.69, 9.17) is 15.8 Å². The summed E-state index contributed by atoms with van der Waals surface area (Å²) in [6.07, 6.45) is 1.49. The number of nitrogens with one attached hydrogen (secondary N) is 1. The van der Waals surface area contributed by atoms with E-state index in [0.29, 0.717) is 21.9 Å². The van der Waals surface area contributed by atoms with Crippen LogP contribution in [0.15, 0.2) is 71.6 Å². The van der Waals surface area contributed by atoms with Crippen LogP contribution in [0.3, 0.4) is 0 Å². The Hall–Kier alpha value is -3.60. The second kappa shape index (κ2) is 8.26. The van der Waals surface area contributed by atoms with Crippen molar-refractivity contribution in [1.29, 1.82) is 5.26 Å². The molecule has 0 fully saturated rings. The smallest absolute Gasteiger partial charge is 0.339 e. The van der Waals surface area contributed by atoms with Crippen molar-refractivity contribution in [2.45, 2.75) is 11.8 Å². The predicted octanol–water partition coefficient (Wildman–Crippen LogP) is 5.36. The van der Waals surface area contributed by atoms with E-state index in [1.165, 1.54) is 36.4 Å². The van der Waals surface area contributed by atoms with Crippen molar-refractivity contribution in [2.24, 2.45) is 0 Å². The Kier molecular flexibility index (Phi) is 5.51. The highest BCUT2D eigenvalue weighted by atomic mass is 35.5. The summed E-state index contributed by atoms with van der Waals surface area (Å²) in [6, 6.07) is 20.3. The summed E-state index contributed by atoms with van der Waals surface area (Å²) in [7, 11) is -4.07. The standard InChI is InChI=1S/C23H16ClN3O3S/c1-15-6-9-19(10-7-15)31(28,29)30-22-11-8-18(24)13-16(22)12-17(14-25)23-26-20-4-2-3-5-21(20)27-23/h2-13H,1H3,(H,26,27)/b17-12+. The van der Waals surface area contributed by atoms with Crippen molar-refractivity contribution in [3.8, 4) is 11.8 Å². The molecule has 4 rings (SSSR count). The maximum absolute atomic E-state index is 12.7. The van der Waals surface area contributed by atoms with Gasteiger partial charge >= 0.3 is 10.1 Å². The molecule has 31 heavy (non-hydrogen) atoms. The molecule has 0 radical (unpaired) electrons. The largest absolute Gasteiger partial charge is 0.378 e. The zero-order valence-electron chi connectivity index (χ0n) is 16.3. The zero-order valence-corrected chi connectivity index (χ0v) is 17.9. The van der Waals surface area contributed by atoms with Crippen molar-refractivity contribution in [3.05, 3.63) is 88.7 Å². The number of para-hydroxylation sites is 2. The molecule has 154 valence electrons. The zero-order chi connectivity index (χ0) is 22.0. The van der Waals surface area contributed by atoms with E-state index >= 15 is 0 Å². The number of H-pyrrole nitrogens is 1. The van der Waals surface area contributed by atoms with Crippen molar-refractivity contribution in [3.63, 3.8) is 0 Å². The van der Waals surface area contributed by atoms with Crippen LogP contribution in [0, 0.1) is 18.3 Å². The van der Waals surface area contributed by atoms with Gasteiger partial charge in [-0.3, -0.25) is 0 Å². The number of imidazole rings is 1. The molecule has 1 heterocycles. The van der Waals surface area contributed by atoms with E-state index in [1.807, 2.05) is 31.2 Å². The molecule has 0 spiro atoms. The molecule has 0 aliphatic heterocycles. The number of benzene rings is 3. The number of aromatic nitrogens is 2. The lowest BCUT2D eigenvalue weighted by Crippen LogP contribution is -2.10. The third-order valence-electron chi connectivity index (χ3n) is 4.55. The Morgan fingerprint density at radius 3 is 2.58 bits per heavy atom. The second-order valence-electron chi connectivity index (χ2n) is 6.81. The molecule has 0 amide bonds. The third kappa shape index (κ3) is 4.45. The summed E-state index contributed by atoms with van der Waals surface area (Å²) >= 11 is 6.12. The first-order valence-electron chi connectivity index (χ1n) is 9.23. The number of nitrogens with zero attached hydrogens (tertiary/aromatic N) is 2. The SMILES string of the molecule is Cc1ccc(S(=O)(=O)Oc2ccc(Cl)cc2/C=C(\C#N)c2nc3ccccc3[nH]2)cc1. The Morgan fingerprint density at radius 1 is 1.13 bits per heavy atom. The van der Waals surface area contributed by atoms with E-state index in [2.05, 4.69) is 16.0 Å². The van der Waals surface area contributed by atoms with Gasteiger partial charge < -0.3 is 9.17 Å². The maximum Gasteiger partial charge on any atom is 0.339 e. The topological polar surface area (TPSA) is 95.8 Å². The minimum atomic E-state index is -4.07. The lowest BCUT2D eigenvalue weighted by molar-refractivity contribution is 0.485. The minimum absolute atomic E-state index is 0.0285. The van der Waals surface area contributed by atoms with Crippen LogP contribution >= 0.6 is 11.6 Å². The molecule has 0 atom stereocenters. The van der Waals surface area contributed by atoms with Crippen molar-refractivity contribution in [2.75, 3.05) is 0 Å². The lowest BCUT2D eigenvalue weighted by atomic mass is 10.1. The fourth-order valence-electron chi connectivity index (χ4n) is 2.97. The minimum Gasteiger partial charge on any atom is -0.378 e. The highest BCUT2D eigenvalue weighted by Crippen LogP contribution is 2.30. The Labute approximate surface area is 184 Å². The van der Waals surface area contributed by atoms with E-state index in [-0.39, 0.29) is 16.2 Å². The third-order valence-corrected chi connectivity index (χ3v) is 6.03. The van der Waals surface area contributed by atoms with Gasteiger partial charge in [0, 0.05) is 10.6 Å². The quantitative estimate of drug-likeness (QED) is 0.327. The molecule has 8 heteroatoms. The molecular formula is C23H16ClN3O3S. The number of fused-ring (bicyclic) bond motifs is 1. The van der Waals surface area contributed by atoms with E-state index < -0.39 is 10.1 Å². The molecule has 3 aromatic carbocycles. The fourth-order valence-corrected chi connectivity index (χ4v) is 4.10. The first-order chi connectivity index (χ1) is 14.9. The molecule has 0 saturated carbocycles. The summed E-state index contributed by atoms with van der Waals surface area (Å²) in [6.45, 7) is 1.86. The van der Waals surface area contributed by atoms with Gasteiger partial charge in [-0.1, -0.05) is 41.4 Å². The van der Waals surface area contributed by atoms with E-state index in [9.17, 15) is 13.7 Å². The molecular weight excluding hydrogens is 434 g/mol. The van der Waals surface area contributed by atoms with Gasteiger partial charge in [-0.25, -0.2) is 4.98 Å². The van der Waals surface area contributed by atoms with Crippen LogP contribution in [0.5, 0.6) is 5.75 Å². The van der Waals surface area contributed by atoms with Crippen LogP contribution < -0.4 is 4.18 Å². The van der Waals surface area contributed by atoms with Gasteiger partial charge in [0.15, 0.2) is 0 Å². The fraction of sp³-hybridized carbons (Fsp3) is 0.0435. The summed E-state index contributed by atoms with van der Waals surface area (Å²) in [5, 5.41) is 10.1. The van der Waals surface area contributed by atoms with Crippen molar-refractivity contribution >= 4 is 44.4 Å². The Balaban J connectivity index is 1.75. The van der Waals surface area contributed by atoms with Crippen molar-refractivity contribution in [1.82, 2.24) is 9.97 Å². The van der Waals surface area contributed by atoms with Gasteiger partial charge in [0.25, 0.3) is 0 Å². The summed E-state index contributed by atoms with van der Waals surface area (Å²) in [4.78, 5) is 7.54. The average molecular weight is 450 g/mol. The molecule has 0 aliphatic rings. The number of halogens is 1.